The number of aliphatic imine (C=N–C) groups is 1. The number of para-hydroxylation sites is 3. The number of halogens is 2. The number of anilines is 6. The molecule has 2 fully saturated rings. The zero-order valence-electron chi connectivity index (χ0n) is 54.4. The number of hydrogen-bond acceptors (Lipinski definition) is 9. The van der Waals surface area contributed by atoms with Crippen molar-refractivity contribution in [1.29, 1.82) is 0 Å². The number of hydrogen-bond donors (Lipinski definition) is 0. The summed E-state index contributed by atoms with van der Waals surface area (Å²) in [6.07, 6.45) is 10.1. The third kappa shape index (κ3) is 10.2. The highest BCUT2D eigenvalue weighted by Crippen LogP contribution is 2.60. The van der Waals surface area contributed by atoms with Gasteiger partial charge in [-0.05, 0) is 199 Å². The third-order valence-electron chi connectivity index (χ3n) is 21.2. The predicted molar refractivity (Wildman–Crippen MR) is 392 cm³/mol. The SMILES string of the molecule is Cc1cc(OC(=O)CCC(=O)c2ccc(N(c3ccccc3)c3ccc(-c4ccc(-c5ccc(N(c6ccccc6)c6ccccc6)cc5)c5nsnc45)cc3)cc2)cc(C)c1/C(=C1\C=C2C(=N1)c1ccccc1C21CCCC1)c1cc2c(n1B(F)F)-c1ccccc1C21CCCC1. The van der Waals surface area contributed by atoms with E-state index < -0.39 is 13.4 Å². The maximum Gasteiger partial charge on any atom is 0.678 e. The Hall–Kier alpha value is -10.9. The number of carbonyl (C=O) groups is 2. The molecule has 0 unspecified atom stereocenters. The van der Waals surface area contributed by atoms with Crippen LogP contribution in [0.15, 0.2) is 265 Å². The summed E-state index contributed by atoms with van der Waals surface area (Å²) in [6.45, 7) is 3.90. The van der Waals surface area contributed by atoms with E-state index in [0.717, 1.165) is 163 Å². The molecule has 2 saturated carbocycles. The van der Waals surface area contributed by atoms with E-state index in [1.807, 2.05) is 98.8 Å². The van der Waals surface area contributed by atoms with Gasteiger partial charge in [-0.15, -0.1) is 0 Å². The summed E-state index contributed by atoms with van der Waals surface area (Å²) >= 11 is 1.21. The van der Waals surface area contributed by atoms with E-state index >= 15 is 8.63 Å². The van der Waals surface area contributed by atoms with Gasteiger partial charge in [-0.1, -0.05) is 165 Å². The van der Waals surface area contributed by atoms with E-state index in [1.165, 1.54) is 27.3 Å². The predicted octanol–water partition coefficient (Wildman–Crippen LogP) is 21.6. The largest absolute Gasteiger partial charge is 0.678 e. The van der Waals surface area contributed by atoms with Crippen LogP contribution in [0.2, 0.25) is 0 Å². The van der Waals surface area contributed by atoms with Gasteiger partial charge in [0.25, 0.3) is 0 Å². The first kappa shape index (κ1) is 60.8. The van der Waals surface area contributed by atoms with Gasteiger partial charge in [-0.25, -0.2) is 4.99 Å². The summed E-state index contributed by atoms with van der Waals surface area (Å²) in [5.41, 5.74) is 23.7. The number of carbonyl (C=O) groups excluding carboxylic acids is 2. The normalized spacial score (nSPS) is 15.6. The Kier molecular flexibility index (Phi) is 15.3. The summed E-state index contributed by atoms with van der Waals surface area (Å²) in [7, 11) is -2.84. The van der Waals surface area contributed by atoms with Crippen LogP contribution in [0.1, 0.15) is 119 Å². The molecular formula is C85H67BF2N6O3S. The smallest absolute Gasteiger partial charge is 0.426 e. The average Bonchev–Trinajstić information content (AvgIpc) is 1.53. The molecular weight excluding hydrogens is 1230 g/mol. The van der Waals surface area contributed by atoms with Crippen LogP contribution in [0.3, 0.4) is 0 Å². The van der Waals surface area contributed by atoms with E-state index in [-0.39, 0.29) is 29.5 Å². The van der Waals surface area contributed by atoms with Crippen molar-refractivity contribution in [2.45, 2.75) is 88.9 Å². The van der Waals surface area contributed by atoms with Crippen molar-refractivity contribution < 1.29 is 23.0 Å². The number of benzene rings is 10. The number of esters is 1. The maximum absolute atomic E-state index is 16.3. The Morgan fingerprint density at radius 1 is 0.510 bits per heavy atom. The fraction of sp³-hybridized carbons (Fsp3) is 0.165. The number of rotatable bonds is 16. The van der Waals surface area contributed by atoms with Gasteiger partial charge in [0, 0.05) is 96.2 Å². The van der Waals surface area contributed by atoms with Crippen LogP contribution >= 0.6 is 11.7 Å². The molecule has 9 nitrogen and oxygen atoms in total. The lowest BCUT2D eigenvalue weighted by atomic mass is 9.76. The highest BCUT2D eigenvalue weighted by Gasteiger charge is 2.51. The van der Waals surface area contributed by atoms with Crippen molar-refractivity contribution in [3.63, 3.8) is 0 Å². The number of aryl methyl sites for hydroxylation is 2. The minimum Gasteiger partial charge on any atom is -0.426 e. The van der Waals surface area contributed by atoms with Crippen LogP contribution in [-0.2, 0) is 15.6 Å². The lowest BCUT2D eigenvalue weighted by Gasteiger charge is -2.26. The highest BCUT2D eigenvalue weighted by atomic mass is 32.1. The van der Waals surface area contributed by atoms with Gasteiger partial charge in [0.1, 0.15) is 16.8 Å². The molecule has 0 amide bonds. The van der Waals surface area contributed by atoms with Gasteiger partial charge >= 0.3 is 13.4 Å². The number of fused-ring (bicyclic) bond motifs is 11. The molecule has 5 aliphatic rings. The van der Waals surface area contributed by atoms with Crippen molar-refractivity contribution in [1.82, 2.24) is 13.2 Å². The van der Waals surface area contributed by atoms with Gasteiger partial charge in [0.15, 0.2) is 5.78 Å². The molecule has 98 heavy (non-hydrogen) atoms. The minimum absolute atomic E-state index is 0.0643. The number of allylic oxidation sites excluding steroid dienone is 2. The summed E-state index contributed by atoms with van der Waals surface area (Å²) in [5, 5.41) is 0. The molecule has 3 heterocycles. The second-order valence-electron chi connectivity index (χ2n) is 26.7. The molecule has 17 rings (SSSR count). The molecule has 1 aliphatic heterocycles. The minimum atomic E-state index is -2.84. The topological polar surface area (TPSA) is 92.9 Å². The van der Waals surface area contributed by atoms with Crippen molar-refractivity contribution in [3.05, 3.63) is 310 Å². The Bertz CT molecular complexity index is 5160. The van der Waals surface area contributed by atoms with E-state index in [4.69, 9.17) is 18.5 Å². The molecule has 0 radical (unpaired) electrons. The monoisotopic (exact) mass is 1300 g/mol. The van der Waals surface area contributed by atoms with Gasteiger partial charge < -0.3 is 19.0 Å². The van der Waals surface area contributed by atoms with Crippen LogP contribution < -0.4 is 14.5 Å². The zero-order chi connectivity index (χ0) is 66.2. The van der Waals surface area contributed by atoms with Gasteiger partial charge in [0.05, 0.1) is 29.6 Å². The second-order valence-corrected chi connectivity index (χ2v) is 27.2. The standard InChI is InChI=1S/C85H67BF2N6O3S/c1-54-50-65(51-55(2)78(54)79(74-52-72-80(89-74)68-26-12-14-28-70(68)84(72)46-16-17-47-84)75-53-73-83(94(75)86(87)88)69-27-13-15-29-71(69)85(73)48-18-19-49-85)97-77(96)45-44-76(95)58-34-40-64(41-35-58)93(61-24-10-5-11-25-61)63-38-32-57(33-39-63)67-43-42-66(81-82(67)91-98-90-81)56-30-36-62(37-31-56)92(59-20-6-3-7-21-59)60-22-8-4-9-23-60/h3-15,20-43,50-53H,16-19,44-49H2,1-2H3/b79-74+. The van der Waals surface area contributed by atoms with E-state index in [1.54, 1.807) is 0 Å². The molecule has 478 valence electrons. The molecule has 13 heteroatoms. The molecule has 2 aromatic heterocycles. The molecule has 10 aromatic carbocycles. The first-order chi connectivity index (χ1) is 48.0. The van der Waals surface area contributed by atoms with Crippen LogP contribution in [-0.4, -0.2) is 38.1 Å². The van der Waals surface area contributed by atoms with E-state index in [9.17, 15) is 9.59 Å². The van der Waals surface area contributed by atoms with E-state index in [0.29, 0.717) is 34.0 Å². The molecule has 0 bridgehead atoms. The highest BCUT2D eigenvalue weighted by molar-refractivity contribution is 7.00. The lowest BCUT2D eigenvalue weighted by molar-refractivity contribution is -0.134. The lowest BCUT2D eigenvalue weighted by Crippen LogP contribution is -2.21. The van der Waals surface area contributed by atoms with Crippen molar-refractivity contribution >= 4 is 87.3 Å². The maximum atomic E-state index is 16.3. The first-order valence-electron chi connectivity index (χ1n) is 34.0. The summed E-state index contributed by atoms with van der Waals surface area (Å²) in [4.78, 5) is 37.8. The molecule has 0 N–H and O–H groups in total. The second kappa shape index (κ2) is 24.6. The average molecular weight is 1300 g/mol. The number of nitrogens with zero attached hydrogens (tertiary/aromatic N) is 6. The molecule has 0 saturated heterocycles. The summed E-state index contributed by atoms with van der Waals surface area (Å²) in [6, 6.07) is 82.1. The third-order valence-corrected chi connectivity index (χ3v) is 21.7. The molecule has 4 aliphatic carbocycles. The van der Waals surface area contributed by atoms with Gasteiger partial charge in [-0.2, -0.15) is 8.75 Å². The van der Waals surface area contributed by atoms with Crippen LogP contribution in [0.25, 0.3) is 50.1 Å². The van der Waals surface area contributed by atoms with Crippen LogP contribution in [0.5, 0.6) is 5.75 Å². The van der Waals surface area contributed by atoms with Gasteiger partial charge in [0.2, 0.25) is 0 Å². The Labute approximate surface area is 573 Å². The molecule has 2 spiro atoms. The Morgan fingerprint density at radius 3 is 1.49 bits per heavy atom. The molecule has 12 aromatic rings. The van der Waals surface area contributed by atoms with Crippen molar-refractivity contribution in [2.24, 2.45) is 4.99 Å². The van der Waals surface area contributed by atoms with Gasteiger partial charge in [-0.3, -0.25) is 18.2 Å². The number of ether oxygens (including phenoxy) is 1. The number of ketones is 1. The Balaban J connectivity index is 0.616. The van der Waals surface area contributed by atoms with Crippen molar-refractivity contribution in [2.75, 3.05) is 9.80 Å². The zero-order valence-corrected chi connectivity index (χ0v) is 55.2. The van der Waals surface area contributed by atoms with Crippen molar-refractivity contribution in [3.8, 4) is 39.3 Å². The number of Topliss-reactive ketones (excluding diaryl/α,β-unsaturated/α-hetero) is 1. The van der Waals surface area contributed by atoms with E-state index in [2.05, 4.69) is 174 Å². The molecule has 0 atom stereocenters. The fourth-order valence-electron chi connectivity index (χ4n) is 16.9. The summed E-state index contributed by atoms with van der Waals surface area (Å²) in [5.74, 6) is -0.423. The number of aromatic nitrogens is 3. The Morgan fingerprint density at radius 2 is 0.969 bits per heavy atom. The summed E-state index contributed by atoms with van der Waals surface area (Å²) < 4.78 is 49.7. The first-order valence-corrected chi connectivity index (χ1v) is 34.7. The fourth-order valence-corrected chi connectivity index (χ4v) is 17.4. The quantitative estimate of drug-likeness (QED) is 0.0412. The van der Waals surface area contributed by atoms with Crippen LogP contribution in [0.4, 0.5) is 42.8 Å². The van der Waals surface area contributed by atoms with Crippen LogP contribution in [0, 0.1) is 13.8 Å².